The largest absolute Gasteiger partial charge is 0.317 e. The summed E-state index contributed by atoms with van der Waals surface area (Å²) in [5.74, 6) is 1.58. The van der Waals surface area contributed by atoms with E-state index in [1.807, 2.05) is 35.9 Å². The Morgan fingerprint density at radius 1 is 1.07 bits per heavy atom. The highest BCUT2D eigenvalue weighted by molar-refractivity contribution is 6.10. The Bertz CT molecular complexity index is 1710. The molecule has 8 nitrogen and oxygen atoms in total. The number of nitrogens with zero attached hydrogens (tertiary/aromatic N) is 6. The molecular formula is C32H30FN7O. The van der Waals surface area contributed by atoms with Gasteiger partial charge in [0.1, 0.15) is 18.0 Å². The Morgan fingerprint density at radius 3 is 2.63 bits per heavy atom. The smallest absolute Gasteiger partial charge is 0.260 e. The first-order chi connectivity index (χ1) is 20.0. The third-order valence-corrected chi connectivity index (χ3v) is 8.55. The molecule has 1 amide bonds. The van der Waals surface area contributed by atoms with Crippen molar-refractivity contribution in [2.45, 2.75) is 51.1 Å². The fourth-order valence-corrected chi connectivity index (χ4v) is 5.82. The summed E-state index contributed by atoms with van der Waals surface area (Å²) in [5, 5.41) is 21.3. The Morgan fingerprint density at radius 2 is 1.93 bits per heavy atom. The molecular weight excluding hydrogens is 517 g/mol. The first-order valence-corrected chi connectivity index (χ1v) is 14.2. The summed E-state index contributed by atoms with van der Waals surface area (Å²) >= 11 is 0. The lowest BCUT2D eigenvalue weighted by Gasteiger charge is -2.25. The maximum atomic E-state index is 15.3. The molecule has 3 heterocycles. The molecule has 2 saturated carbocycles. The second-order valence-electron chi connectivity index (χ2n) is 11.5. The minimum absolute atomic E-state index is 0.139. The van der Waals surface area contributed by atoms with Gasteiger partial charge in [-0.1, -0.05) is 12.5 Å². The number of aromatic nitrogens is 4. The van der Waals surface area contributed by atoms with Crippen LogP contribution < -0.4 is 10.2 Å². The molecule has 1 N–H and O–H groups in total. The van der Waals surface area contributed by atoms with Crippen molar-refractivity contribution in [3.05, 3.63) is 82.6 Å². The molecule has 0 radical (unpaired) electrons. The van der Waals surface area contributed by atoms with Crippen LogP contribution in [0.25, 0.3) is 22.5 Å². The van der Waals surface area contributed by atoms with Crippen LogP contribution in [0.5, 0.6) is 0 Å². The molecule has 0 atom stereocenters. The lowest BCUT2D eigenvalue weighted by molar-refractivity contribution is 0.0995. The van der Waals surface area contributed by atoms with E-state index in [9.17, 15) is 10.1 Å². The van der Waals surface area contributed by atoms with Gasteiger partial charge in [0.2, 0.25) is 0 Å². The van der Waals surface area contributed by atoms with E-state index in [0.717, 1.165) is 47.3 Å². The van der Waals surface area contributed by atoms with Crippen molar-refractivity contribution < 1.29 is 9.18 Å². The van der Waals surface area contributed by atoms with E-state index < -0.39 is 0 Å². The Hall–Kier alpha value is -4.42. The number of carbonyl (C=O) groups excluding carboxylic acids is 1. The average Bonchev–Trinajstić information content (AvgIpc) is 3.64. The van der Waals surface area contributed by atoms with Gasteiger partial charge in [-0.3, -0.25) is 9.69 Å². The summed E-state index contributed by atoms with van der Waals surface area (Å²) in [7, 11) is 1.86. The molecule has 7 rings (SSSR count). The number of hydrogen-bond acceptors (Lipinski definition) is 6. The van der Waals surface area contributed by atoms with Gasteiger partial charge in [-0.25, -0.2) is 9.37 Å². The van der Waals surface area contributed by atoms with E-state index in [0.29, 0.717) is 46.7 Å². The lowest BCUT2D eigenvalue weighted by atomic mass is 9.85. The van der Waals surface area contributed by atoms with Crippen LogP contribution in [-0.2, 0) is 20.1 Å². The maximum absolute atomic E-state index is 15.3. The van der Waals surface area contributed by atoms with Crippen molar-refractivity contribution in [1.29, 1.82) is 5.26 Å². The van der Waals surface area contributed by atoms with Gasteiger partial charge in [0.05, 0.1) is 18.2 Å². The second-order valence-corrected chi connectivity index (χ2v) is 11.5. The van der Waals surface area contributed by atoms with Crippen molar-refractivity contribution in [3.8, 4) is 28.6 Å². The molecule has 2 aromatic carbocycles. The van der Waals surface area contributed by atoms with Crippen molar-refractivity contribution >= 4 is 11.7 Å². The predicted molar refractivity (Wildman–Crippen MR) is 152 cm³/mol. The molecule has 0 unspecified atom stereocenters. The first kappa shape index (κ1) is 25.5. The number of rotatable bonds is 8. The molecule has 2 fully saturated rings. The number of pyridine rings is 1. The number of aryl methyl sites for hydroxylation is 1. The Balaban J connectivity index is 1.24. The standard InChI is InChI=1S/C32H30FN7O/c1-39-18-36-38-31(39)25-9-20(14-34)5-8-24(25)23-12-29(22-6-7-22)37-30(13-23)40-17-27-26(32(40)41)10-21(11-28(27)33)16-35-15-19-3-2-4-19/h5,8-13,18-19,22,35H,2-4,6-7,15-17H2,1H3. The SMILES string of the molecule is Cn1cnnc1-c1cc(C#N)ccc1-c1cc(C2CC2)nc(N2Cc3c(F)cc(CNCC4CCC4)cc3C2=O)c1. The molecule has 206 valence electrons. The van der Waals surface area contributed by atoms with Gasteiger partial charge < -0.3 is 9.88 Å². The number of anilines is 1. The highest BCUT2D eigenvalue weighted by Gasteiger charge is 2.34. The van der Waals surface area contributed by atoms with Crippen molar-refractivity contribution in [2.24, 2.45) is 13.0 Å². The molecule has 3 aliphatic rings. The van der Waals surface area contributed by atoms with Crippen LogP contribution in [0.3, 0.4) is 0 Å². The number of halogens is 1. The topological polar surface area (TPSA) is 99.7 Å². The zero-order chi connectivity index (χ0) is 28.1. The highest BCUT2D eigenvalue weighted by atomic mass is 19.1. The van der Waals surface area contributed by atoms with Crippen LogP contribution in [0, 0.1) is 23.1 Å². The van der Waals surface area contributed by atoms with Gasteiger partial charge in [0, 0.05) is 41.9 Å². The zero-order valence-corrected chi connectivity index (χ0v) is 22.9. The summed E-state index contributed by atoms with van der Waals surface area (Å²) in [4.78, 5) is 20.2. The van der Waals surface area contributed by atoms with Gasteiger partial charge >= 0.3 is 0 Å². The number of hydrogen-bond donors (Lipinski definition) is 1. The van der Waals surface area contributed by atoms with E-state index in [1.165, 1.54) is 19.3 Å². The van der Waals surface area contributed by atoms with E-state index in [2.05, 4.69) is 27.6 Å². The molecule has 0 saturated heterocycles. The number of carbonyl (C=O) groups is 1. The summed E-state index contributed by atoms with van der Waals surface area (Å²) in [6.45, 7) is 1.60. The van der Waals surface area contributed by atoms with Gasteiger partial charge in [0.15, 0.2) is 5.82 Å². The maximum Gasteiger partial charge on any atom is 0.260 e. The quantitative estimate of drug-likeness (QED) is 0.314. The molecule has 4 aromatic rings. The summed E-state index contributed by atoms with van der Waals surface area (Å²) in [5.41, 5.74) is 5.52. The minimum Gasteiger partial charge on any atom is -0.317 e. The summed E-state index contributed by atoms with van der Waals surface area (Å²) in [6, 6.07) is 15.0. The zero-order valence-electron chi connectivity index (χ0n) is 22.9. The van der Waals surface area contributed by atoms with E-state index >= 15 is 4.39 Å². The van der Waals surface area contributed by atoms with E-state index in [1.54, 1.807) is 23.4 Å². The molecule has 41 heavy (non-hydrogen) atoms. The van der Waals surface area contributed by atoms with Gasteiger partial charge in [0.25, 0.3) is 5.91 Å². The number of nitrogens with one attached hydrogen (secondary N) is 1. The third kappa shape index (κ3) is 4.78. The molecule has 2 aromatic heterocycles. The normalized spacial score (nSPS) is 16.5. The minimum atomic E-state index is -0.353. The third-order valence-electron chi connectivity index (χ3n) is 8.55. The number of nitriles is 1. The molecule has 9 heteroatoms. The van der Waals surface area contributed by atoms with Crippen LogP contribution in [-0.4, -0.2) is 32.2 Å². The number of fused-ring (bicyclic) bond motifs is 1. The lowest BCUT2D eigenvalue weighted by Crippen LogP contribution is -2.27. The number of amides is 1. The molecule has 0 spiro atoms. The molecule has 2 aliphatic carbocycles. The second kappa shape index (κ2) is 10.2. The summed E-state index contributed by atoms with van der Waals surface area (Å²) < 4.78 is 17.1. The van der Waals surface area contributed by atoms with Crippen molar-refractivity contribution in [2.75, 3.05) is 11.4 Å². The average molecular weight is 548 g/mol. The number of benzene rings is 2. The van der Waals surface area contributed by atoms with Gasteiger partial charge in [-0.05, 0) is 91.2 Å². The predicted octanol–water partition coefficient (Wildman–Crippen LogP) is 5.48. The fourth-order valence-electron chi connectivity index (χ4n) is 5.82. The highest BCUT2D eigenvalue weighted by Crippen LogP contribution is 2.43. The van der Waals surface area contributed by atoms with Gasteiger partial charge in [-0.2, -0.15) is 5.26 Å². The van der Waals surface area contributed by atoms with E-state index in [-0.39, 0.29) is 18.3 Å². The van der Waals surface area contributed by atoms with Crippen LogP contribution in [0.2, 0.25) is 0 Å². The first-order valence-electron chi connectivity index (χ1n) is 14.2. The monoisotopic (exact) mass is 547 g/mol. The van der Waals surface area contributed by atoms with Crippen LogP contribution in [0.15, 0.2) is 48.8 Å². The van der Waals surface area contributed by atoms with Crippen LogP contribution >= 0.6 is 0 Å². The van der Waals surface area contributed by atoms with E-state index in [4.69, 9.17) is 4.98 Å². The molecule has 0 bridgehead atoms. The Kier molecular flexibility index (Phi) is 6.36. The Labute approximate surface area is 237 Å². The van der Waals surface area contributed by atoms with Crippen LogP contribution in [0.4, 0.5) is 10.2 Å². The van der Waals surface area contributed by atoms with Crippen LogP contribution in [0.1, 0.15) is 70.8 Å². The van der Waals surface area contributed by atoms with Gasteiger partial charge in [-0.15, -0.1) is 10.2 Å². The summed E-state index contributed by atoms with van der Waals surface area (Å²) in [6.07, 6.45) is 7.48. The van der Waals surface area contributed by atoms with Crippen molar-refractivity contribution in [1.82, 2.24) is 25.1 Å². The fraction of sp³-hybridized carbons (Fsp3) is 0.344. The van der Waals surface area contributed by atoms with Crippen molar-refractivity contribution in [3.63, 3.8) is 0 Å². The molecule has 1 aliphatic heterocycles.